The molecule has 1 amide bonds. The van der Waals surface area contributed by atoms with E-state index in [9.17, 15) is 14.7 Å². The number of imidazole rings is 1. The lowest BCUT2D eigenvalue weighted by atomic mass is 10.1. The first-order valence-corrected chi connectivity index (χ1v) is 11.1. The predicted molar refractivity (Wildman–Crippen MR) is 131 cm³/mol. The third-order valence-electron chi connectivity index (χ3n) is 5.98. The van der Waals surface area contributed by atoms with Gasteiger partial charge < -0.3 is 25.2 Å². The lowest BCUT2D eigenvalue weighted by Gasteiger charge is -2.14. The molecule has 3 heterocycles. The summed E-state index contributed by atoms with van der Waals surface area (Å²) in [7, 11) is 0. The van der Waals surface area contributed by atoms with Crippen molar-refractivity contribution in [2.24, 2.45) is 0 Å². The van der Waals surface area contributed by atoms with Crippen LogP contribution in [-0.4, -0.2) is 39.2 Å². The van der Waals surface area contributed by atoms with Crippen LogP contribution in [0.25, 0.3) is 16.9 Å². The molecule has 9 nitrogen and oxygen atoms in total. The van der Waals surface area contributed by atoms with Crippen molar-refractivity contribution >= 4 is 29.0 Å². The van der Waals surface area contributed by atoms with E-state index in [1.165, 1.54) is 6.92 Å². The van der Waals surface area contributed by atoms with Gasteiger partial charge in [-0.05, 0) is 62.2 Å². The van der Waals surface area contributed by atoms with Crippen molar-refractivity contribution in [3.05, 3.63) is 71.4 Å². The number of carboxylic acids is 1. The third-order valence-corrected chi connectivity index (χ3v) is 5.98. The Labute approximate surface area is 201 Å². The standard InChI is InChI=1S/C26H24N4O5/c1-14-6-4-7-15(2)21(14)28-24-22(17-9-10-19-20(12-17)35-13-34-19)29-23-18(8-5-11-30(23)24)25(31)27-16(3)26(32)33/h4-12,16,28H,13H2,1-3H3,(H,27,31)(H,32,33). The Morgan fingerprint density at radius 1 is 1.06 bits per heavy atom. The molecule has 5 rings (SSSR count). The number of aromatic nitrogens is 2. The molecule has 0 radical (unpaired) electrons. The van der Waals surface area contributed by atoms with E-state index in [1.807, 2.05) is 56.4 Å². The fraction of sp³-hybridized carbons (Fsp3) is 0.192. The van der Waals surface area contributed by atoms with Crippen LogP contribution in [0.15, 0.2) is 54.7 Å². The molecule has 2 aromatic carbocycles. The van der Waals surface area contributed by atoms with Crippen LogP contribution in [-0.2, 0) is 4.79 Å². The van der Waals surface area contributed by atoms with E-state index in [0.717, 1.165) is 22.4 Å². The number of para-hydroxylation sites is 1. The number of hydrogen-bond acceptors (Lipinski definition) is 6. The number of rotatable bonds is 6. The van der Waals surface area contributed by atoms with Gasteiger partial charge in [-0.3, -0.25) is 14.0 Å². The SMILES string of the molecule is Cc1cccc(C)c1Nc1c(-c2ccc3c(c2)OCO3)nc2c(C(=O)NC(C)C(=O)O)cccn12. The highest BCUT2D eigenvalue weighted by Crippen LogP contribution is 2.39. The van der Waals surface area contributed by atoms with Crippen LogP contribution in [0, 0.1) is 13.8 Å². The number of aryl methyl sites for hydroxylation is 2. The molecule has 1 aliphatic heterocycles. The van der Waals surface area contributed by atoms with Gasteiger partial charge in [0.25, 0.3) is 5.91 Å². The topological polar surface area (TPSA) is 114 Å². The van der Waals surface area contributed by atoms with Crippen LogP contribution in [0.2, 0.25) is 0 Å². The second kappa shape index (κ2) is 8.68. The van der Waals surface area contributed by atoms with Crippen LogP contribution < -0.4 is 20.1 Å². The molecule has 3 N–H and O–H groups in total. The molecule has 4 aromatic rings. The van der Waals surface area contributed by atoms with E-state index >= 15 is 0 Å². The maximum Gasteiger partial charge on any atom is 0.325 e. The Bertz CT molecular complexity index is 1460. The number of pyridine rings is 1. The maximum atomic E-state index is 13.0. The summed E-state index contributed by atoms with van der Waals surface area (Å²) < 4.78 is 12.8. The minimum Gasteiger partial charge on any atom is -0.480 e. The number of nitrogens with one attached hydrogen (secondary N) is 2. The van der Waals surface area contributed by atoms with E-state index in [-0.39, 0.29) is 12.4 Å². The minimum atomic E-state index is -1.12. The van der Waals surface area contributed by atoms with Gasteiger partial charge in [0.2, 0.25) is 6.79 Å². The number of carboxylic acid groups (broad SMARTS) is 1. The first-order valence-electron chi connectivity index (χ1n) is 11.1. The van der Waals surface area contributed by atoms with E-state index in [2.05, 4.69) is 10.6 Å². The highest BCUT2D eigenvalue weighted by atomic mass is 16.7. The second-order valence-electron chi connectivity index (χ2n) is 8.42. The van der Waals surface area contributed by atoms with Crippen LogP contribution in [0.4, 0.5) is 11.5 Å². The van der Waals surface area contributed by atoms with Gasteiger partial charge in [0, 0.05) is 17.4 Å². The van der Waals surface area contributed by atoms with Crippen molar-refractivity contribution in [1.82, 2.24) is 14.7 Å². The van der Waals surface area contributed by atoms with Crippen molar-refractivity contribution < 1.29 is 24.2 Å². The molecule has 35 heavy (non-hydrogen) atoms. The molecule has 0 aliphatic carbocycles. The quantitative estimate of drug-likeness (QED) is 0.383. The number of ether oxygens (including phenoxy) is 2. The number of carbonyl (C=O) groups excluding carboxylic acids is 1. The summed E-state index contributed by atoms with van der Waals surface area (Å²) in [6.07, 6.45) is 1.81. The van der Waals surface area contributed by atoms with Gasteiger partial charge in [-0.15, -0.1) is 0 Å². The highest BCUT2D eigenvalue weighted by Gasteiger charge is 2.24. The van der Waals surface area contributed by atoms with Gasteiger partial charge >= 0.3 is 5.97 Å². The Balaban J connectivity index is 1.69. The number of amides is 1. The summed E-state index contributed by atoms with van der Waals surface area (Å²) in [6.45, 7) is 5.61. The molecule has 0 saturated carbocycles. The van der Waals surface area contributed by atoms with E-state index < -0.39 is 17.9 Å². The fourth-order valence-electron chi connectivity index (χ4n) is 4.08. The summed E-state index contributed by atoms with van der Waals surface area (Å²) in [5.74, 6) is 0.297. The molecule has 1 unspecified atom stereocenters. The average molecular weight is 473 g/mol. The molecular weight excluding hydrogens is 448 g/mol. The number of benzene rings is 2. The number of carbonyl (C=O) groups is 2. The molecule has 178 valence electrons. The van der Waals surface area contributed by atoms with Gasteiger partial charge in [-0.25, -0.2) is 4.98 Å². The van der Waals surface area contributed by atoms with E-state index in [0.29, 0.717) is 28.7 Å². The average Bonchev–Trinajstić information content (AvgIpc) is 3.45. The van der Waals surface area contributed by atoms with Crippen molar-refractivity contribution in [2.75, 3.05) is 12.1 Å². The molecule has 0 fully saturated rings. The van der Waals surface area contributed by atoms with Crippen molar-refractivity contribution in [2.45, 2.75) is 26.8 Å². The smallest absolute Gasteiger partial charge is 0.325 e. The van der Waals surface area contributed by atoms with Gasteiger partial charge in [0.05, 0.1) is 5.56 Å². The highest BCUT2D eigenvalue weighted by molar-refractivity contribution is 6.02. The molecule has 0 spiro atoms. The summed E-state index contributed by atoms with van der Waals surface area (Å²) in [5.41, 5.74) is 5.09. The summed E-state index contributed by atoms with van der Waals surface area (Å²) >= 11 is 0. The van der Waals surface area contributed by atoms with Gasteiger partial charge in [-0.2, -0.15) is 0 Å². The second-order valence-corrected chi connectivity index (χ2v) is 8.42. The van der Waals surface area contributed by atoms with E-state index in [4.69, 9.17) is 14.5 Å². The van der Waals surface area contributed by atoms with Crippen molar-refractivity contribution in [1.29, 1.82) is 0 Å². The lowest BCUT2D eigenvalue weighted by Crippen LogP contribution is -2.38. The summed E-state index contributed by atoms with van der Waals surface area (Å²) in [5, 5.41) is 15.2. The summed E-state index contributed by atoms with van der Waals surface area (Å²) in [6, 6.07) is 13.9. The fourth-order valence-corrected chi connectivity index (χ4v) is 4.08. The number of nitrogens with zero attached hydrogens (tertiary/aromatic N) is 2. The molecule has 0 bridgehead atoms. The van der Waals surface area contributed by atoms with Crippen LogP contribution in [0.3, 0.4) is 0 Å². The lowest BCUT2D eigenvalue weighted by molar-refractivity contribution is -0.138. The normalized spacial score (nSPS) is 13.0. The largest absolute Gasteiger partial charge is 0.480 e. The van der Waals surface area contributed by atoms with Crippen LogP contribution in [0.5, 0.6) is 11.5 Å². The Hall–Kier alpha value is -4.53. The molecule has 1 atom stereocenters. The maximum absolute atomic E-state index is 13.0. The number of fused-ring (bicyclic) bond motifs is 2. The Morgan fingerprint density at radius 3 is 2.54 bits per heavy atom. The molecule has 1 aliphatic rings. The zero-order valence-corrected chi connectivity index (χ0v) is 19.5. The monoisotopic (exact) mass is 472 g/mol. The minimum absolute atomic E-state index is 0.156. The molecule has 9 heteroatoms. The van der Waals surface area contributed by atoms with Crippen LogP contribution in [0.1, 0.15) is 28.4 Å². The van der Waals surface area contributed by atoms with Crippen LogP contribution >= 0.6 is 0 Å². The Morgan fingerprint density at radius 2 is 1.80 bits per heavy atom. The number of hydrogen-bond donors (Lipinski definition) is 3. The predicted octanol–water partition coefficient (Wildman–Crippen LogP) is 4.29. The summed E-state index contributed by atoms with van der Waals surface area (Å²) in [4.78, 5) is 29.1. The van der Waals surface area contributed by atoms with Crippen molar-refractivity contribution in [3.8, 4) is 22.8 Å². The Kier molecular flexibility index (Phi) is 5.52. The molecule has 2 aromatic heterocycles. The van der Waals surface area contributed by atoms with Crippen molar-refractivity contribution in [3.63, 3.8) is 0 Å². The van der Waals surface area contributed by atoms with Gasteiger partial charge in [-0.1, -0.05) is 18.2 Å². The molecule has 0 saturated heterocycles. The first kappa shape index (κ1) is 22.3. The zero-order valence-electron chi connectivity index (χ0n) is 19.5. The zero-order chi connectivity index (χ0) is 24.7. The van der Waals surface area contributed by atoms with Gasteiger partial charge in [0.1, 0.15) is 17.6 Å². The third kappa shape index (κ3) is 4.01. The van der Waals surface area contributed by atoms with Gasteiger partial charge in [0.15, 0.2) is 17.1 Å². The van der Waals surface area contributed by atoms with E-state index in [1.54, 1.807) is 16.5 Å². The first-order chi connectivity index (χ1) is 16.8. The number of aliphatic carboxylic acids is 1. The number of anilines is 2. The molecular formula is C26H24N4O5.